The molecule has 26 heavy (non-hydrogen) atoms. The molecule has 1 N–H and O–H groups in total. The van der Waals surface area contributed by atoms with Crippen LogP contribution in [0, 0.1) is 23.1 Å². The number of halogens is 1. The maximum atomic E-state index is 13.8. The highest BCUT2D eigenvalue weighted by molar-refractivity contribution is 5.97. The molecule has 1 aromatic carbocycles. The number of carbonyl (C=O) groups excluding carboxylic acids is 1. The molecule has 0 bridgehead atoms. The van der Waals surface area contributed by atoms with Crippen molar-refractivity contribution in [3.8, 4) is 6.07 Å². The first-order chi connectivity index (χ1) is 12.5. The van der Waals surface area contributed by atoms with E-state index in [1.54, 1.807) is 17.2 Å². The summed E-state index contributed by atoms with van der Waals surface area (Å²) in [6, 6.07) is 6.04. The summed E-state index contributed by atoms with van der Waals surface area (Å²) in [5, 5.41) is 23.2. The number of aliphatic hydroxyl groups is 1. The van der Waals surface area contributed by atoms with Gasteiger partial charge in [0.1, 0.15) is 17.4 Å². The molecule has 1 fully saturated rings. The normalized spacial score (nSPS) is 19.8. The lowest BCUT2D eigenvalue weighted by Crippen LogP contribution is -2.30. The van der Waals surface area contributed by atoms with Crippen molar-refractivity contribution in [2.75, 3.05) is 19.7 Å². The summed E-state index contributed by atoms with van der Waals surface area (Å²) in [6.45, 7) is 4.75. The highest BCUT2D eigenvalue weighted by Gasteiger charge is 2.37. The van der Waals surface area contributed by atoms with E-state index in [1.165, 1.54) is 18.2 Å². The lowest BCUT2D eigenvalue weighted by atomic mass is 9.92. The standard InChI is InChI=1S/C19H21FN4O2/c1-12(2)24-9-13(7-22-24)17-10-23(8-14(17)11-25)19(26)15-4-3-5-18(20)16(15)6-21/h3-5,7,9,12,14,17,25H,8,10-11H2,1-2H3/t14-,17-/m0/s1. The molecule has 7 heteroatoms. The molecule has 1 saturated heterocycles. The van der Waals surface area contributed by atoms with E-state index in [2.05, 4.69) is 5.10 Å². The second-order valence-corrected chi connectivity index (χ2v) is 6.88. The molecule has 0 spiro atoms. The number of amides is 1. The van der Waals surface area contributed by atoms with Crippen LogP contribution in [0.3, 0.4) is 0 Å². The second kappa shape index (κ2) is 7.26. The van der Waals surface area contributed by atoms with Crippen molar-refractivity contribution in [2.24, 2.45) is 5.92 Å². The molecular formula is C19H21FN4O2. The fourth-order valence-corrected chi connectivity index (χ4v) is 3.41. The number of nitrogens with zero attached hydrogens (tertiary/aromatic N) is 4. The Morgan fingerprint density at radius 3 is 2.85 bits per heavy atom. The van der Waals surface area contributed by atoms with E-state index in [-0.39, 0.29) is 35.6 Å². The van der Waals surface area contributed by atoms with Gasteiger partial charge in [-0.25, -0.2) is 4.39 Å². The molecule has 2 heterocycles. The van der Waals surface area contributed by atoms with Gasteiger partial charge in [-0.3, -0.25) is 9.48 Å². The van der Waals surface area contributed by atoms with E-state index in [9.17, 15) is 14.3 Å². The smallest absolute Gasteiger partial charge is 0.255 e. The Labute approximate surface area is 151 Å². The number of aromatic nitrogens is 2. The summed E-state index contributed by atoms with van der Waals surface area (Å²) >= 11 is 0. The SMILES string of the molecule is CC(C)n1cc([C@@H]2CN(C(=O)c3cccc(F)c3C#N)C[C@H]2CO)cn1. The van der Waals surface area contributed by atoms with Crippen LogP contribution < -0.4 is 0 Å². The second-order valence-electron chi connectivity index (χ2n) is 6.88. The van der Waals surface area contributed by atoms with Crippen molar-refractivity contribution < 1.29 is 14.3 Å². The molecular weight excluding hydrogens is 335 g/mol. The van der Waals surface area contributed by atoms with Crippen molar-refractivity contribution in [3.63, 3.8) is 0 Å². The van der Waals surface area contributed by atoms with Gasteiger partial charge < -0.3 is 10.0 Å². The topological polar surface area (TPSA) is 82.2 Å². The van der Waals surface area contributed by atoms with E-state index < -0.39 is 11.7 Å². The van der Waals surface area contributed by atoms with Gasteiger partial charge in [0.25, 0.3) is 5.91 Å². The van der Waals surface area contributed by atoms with Gasteiger partial charge in [0, 0.05) is 43.8 Å². The van der Waals surface area contributed by atoms with Gasteiger partial charge in [0.15, 0.2) is 0 Å². The Kier molecular flexibility index (Phi) is 5.05. The van der Waals surface area contributed by atoms with Crippen molar-refractivity contribution in [2.45, 2.75) is 25.8 Å². The highest BCUT2D eigenvalue weighted by atomic mass is 19.1. The zero-order chi connectivity index (χ0) is 18.8. The number of hydrogen-bond acceptors (Lipinski definition) is 4. The van der Waals surface area contributed by atoms with E-state index in [4.69, 9.17) is 5.26 Å². The number of carbonyl (C=O) groups is 1. The Balaban J connectivity index is 1.86. The first kappa shape index (κ1) is 18.1. The molecule has 0 aliphatic carbocycles. The van der Waals surface area contributed by atoms with Gasteiger partial charge in [0.05, 0.1) is 11.8 Å². The largest absolute Gasteiger partial charge is 0.396 e. The van der Waals surface area contributed by atoms with Crippen LogP contribution in [0.25, 0.3) is 0 Å². The number of hydrogen-bond donors (Lipinski definition) is 1. The van der Waals surface area contributed by atoms with Crippen LogP contribution in [0.4, 0.5) is 4.39 Å². The molecule has 2 atom stereocenters. The zero-order valence-electron chi connectivity index (χ0n) is 14.8. The molecule has 1 aliphatic rings. The van der Waals surface area contributed by atoms with Gasteiger partial charge in [-0.15, -0.1) is 0 Å². The lowest BCUT2D eigenvalue weighted by Gasteiger charge is -2.17. The van der Waals surface area contributed by atoms with Crippen molar-refractivity contribution in [1.82, 2.24) is 14.7 Å². The summed E-state index contributed by atoms with van der Waals surface area (Å²) < 4.78 is 15.7. The molecule has 0 saturated carbocycles. The minimum Gasteiger partial charge on any atom is -0.396 e. The molecule has 1 aliphatic heterocycles. The Hall–Kier alpha value is -2.72. The van der Waals surface area contributed by atoms with Gasteiger partial charge in [-0.1, -0.05) is 6.07 Å². The van der Waals surface area contributed by atoms with Crippen LogP contribution in [0.15, 0.2) is 30.6 Å². The van der Waals surface area contributed by atoms with E-state index in [0.29, 0.717) is 13.1 Å². The van der Waals surface area contributed by atoms with Gasteiger partial charge in [-0.2, -0.15) is 10.4 Å². The number of rotatable bonds is 4. The Bertz CT molecular complexity index is 855. The average Bonchev–Trinajstić information content (AvgIpc) is 3.27. The third kappa shape index (κ3) is 3.20. The van der Waals surface area contributed by atoms with E-state index in [1.807, 2.05) is 24.7 Å². The van der Waals surface area contributed by atoms with Crippen LogP contribution in [0.1, 0.15) is 47.3 Å². The third-order valence-corrected chi connectivity index (χ3v) is 4.90. The monoisotopic (exact) mass is 356 g/mol. The Morgan fingerprint density at radius 1 is 1.46 bits per heavy atom. The minimum atomic E-state index is -0.703. The number of likely N-dealkylation sites (tertiary alicyclic amines) is 1. The van der Waals surface area contributed by atoms with Crippen LogP contribution in [-0.2, 0) is 0 Å². The summed E-state index contributed by atoms with van der Waals surface area (Å²) in [7, 11) is 0. The van der Waals surface area contributed by atoms with Crippen LogP contribution >= 0.6 is 0 Å². The van der Waals surface area contributed by atoms with Gasteiger partial charge in [0.2, 0.25) is 0 Å². The maximum Gasteiger partial charge on any atom is 0.255 e. The molecule has 2 aromatic rings. The third-order valence-electron chi connectivity index (χ3n) is 4.90. The molecule has 136 valence electrons. The van der Waals surface area contributed by atoms with E-state index >= 15 is 0 Å². The molecule has 3 rings (SSSR count). The molecule has 0 radical (unpaired) electrons. The van der Waals surface area contributed by atoms with Crippen LogP contribution in [-0.4, -0.2) is 45.4 Å². The summed E-state index contributed by atoms with van der Waals surface area (Å²) in [4.78, 5) is 14.4. The lowest BCUT2D eigenvalue weighted by molar-refractivity contribution is 0.0780. The highest BCUT2D eigenvalue weighted by Crippen LogP contribution is 2.33. The van der Waals surface area contributed by atoms with Gasteiger partial charge in [-0.05, 0) is 31.5 Å². The maximum absolute atomic E-state index is 13.8. The predicted molar refractivity (Wildman–Crippen MR) is 92.9 cm³/mol. The molecule has 1 amide bonds. The van der Waals surface area contributed by atoms with Crippen molar-refractivity contribution >= 4 is 5.91 Å². The predicted octanol–water partition coefficient (Wildman–Crippen LogP) is 2.32. The fourth-order valence-electron chi connectivity index (χ4n) is 3.41. The van der Waals surface area contributed by atoms with Crippen LogP contribution in [0.5, 0.6) is 0 Å². The van der Waals surface area contributed by atoms with E-state index in [0.717, 1.165) is 5.56 Å². The van der Waals surface area contributed by atoms with Crippen molar-refractivity contribution in [3.05, 3.63) is 53.1 Å². The molecule has 1 aromatic heterocycles. The van der Waals surface area contributed by atoms with Crippen LogP contribution in [0.2, 0.25) is 0 Å². The number of nitriles is 1. The zero-order valence-corrected chi connectivity index (χ0v) is 14.8. The minimum absolute atomic E-state index is 0.0458. The first-order valence-corrected chi connectivity index (χ1v) is 8.59. The summed E-state index contributed by atoms with van der Waals surface area (Å²) in [5.41, 5.74) is 0.782. The summed E-state index contributed by atoms with van der Waals surface area (Å²) in [5.74, 6) is -1.26. The quantitative estimate of drug-likeness (QED) is 0.911. The van der Waals surface area contributed by atoms with Crippen molar-refractivity contribution in [1.29, 1.82) is 5.26 Å². The number of aliphatic hydroxyl groups excluding tert-OH is 1. The fraction of sp³-hybridized carbons (Fsp3) is 0.421. The molecule has 0 unspecified atom stereocenters. The summed E-state index contributed by atoms with van der Waals surface area (Å²) in [6.07, 6.45) is 3.71. The number of benzene rings is 1. The van der Waals surface area contributed by atoms with Gasteiger partial charge >= 0.3 is 0 Å². The first-order valence-electron chi connectivity index (χ1n) is 8.59. The average molecular weight is 356 g/mol. The Morgan fingerprint density at radius 2 is 2.23 bits per heavy atom. The molecule has 6 nitrogen and oxygen atoms in total.